The van der Waals surface area contributed by atoms with E-state index in [1.165, 1.54) is 18.2 Å². The molecule has 4 nitrogen and oxygen atoms in total. The molecule has 1 aromatic rings. The van der Waals surface area contributed by atoms with E-state index >= 15 is 0 Å². The number of benzene rings is 1. The molecule has 20 heavy (non-hydrogen) atoms. The van der Waals surface area contributed by atoms with Gasteiger partial charge in [0.1, 0.15) is 11.6 Å². The first-order valence-electron chi connectivity index (χ1n) is 6.63. The maximum Gasteiger partial charge on any atom is 0.260 e. The fourth-order valence-corrected chi connectivity index (χ4v) is 2.39. The second-order valence-electron chi connectivity index (χ2n) is 4.81. The lowest BCUT2D eigenvalue weighted by atomic mass is 10.1. The van der Waals surface area contributed by atoms with Crippen LogP contribution < -0.4 is 10.1 Å². The predicted octanol–water partition coefficient (Wildman–Crippen LogP) is 2.07. The Morgan fingerprint density at radius 2 is 2.20 bits per heavy atom. The standard InChI is InChI=1S/C14H18ClFN2O2/c1-17-10-4-6-18(7-5-10)14(19)9-20-11-2-3-13(16)12(15)8-11/h2-3,8,10,17H,4-7,9H2,1H3. The number of hydrogen-bond acceptors (Lipinski definition) is 3. The van der Waals surface area contributed by atoms with Crippen molar-refractivity contribution in [3.63, 3.8) is 0 Å². The largest absolute Gasteiger partial charge is 0.484 e. The molecule has 1 aliphatic heterocycles. The molecule has 1 saturated heterocycles. The number of nitrogens with zero attached hydrogens (tertiary/aromatic N) is 1. The van der Waals surface area contributed by atoms with Gasteiger partial charge in [0.25, 0.3) is 5.91 Å². The van der Waals surface area contributed by atoms with Gasteiger partial charge in [-0.25, -0.2) is 4.39 Å². The van der Waals surface area contributed by atoms with Gasteiger partial charge in [0.15, 0.2) is 6.61 Å². The Balaban J connectivity index is 1.81. The van der Waals surface area contributed by atoms with E-state index in [4.69, 9.17) is 16.3 Å². The number of carbonyl (C=O) groups excluding carboxylic acids is 1. The van der Waals surface area contributed by atoms with Gasteiger partial charge < -0.3 is 15.0 Å². The van der Waals surface area contributed by atoms with Crippen molar-refractivity contribution >= 4 is 17.5 Å². The zero-order valence-electron chi connectivity index (χ0n) is 11.4. The predicted molar refractivity (Wildman–Crippen MR) is 75.6 cm³/mol. The van der Waals surface area contributed by atoms with Crippen LogP contribution in [0.2, 0.25) is 5.02 Å². The Labute approximate surface area is 122 Å². The summed E-state index contributed by atoms with van der Waals surface area (Å²) in [5, 5.41) is 3.20. The summed E-state index contributed by atoms with van der Waals surface area (Å²) in [5.74, 6) is -0.158. The maximum absolute atomic E-state index is 13.0. The van der Waals surface area contributed by atoms with Crippen molar-refractivity contribution in [3.05, 3.63) is 29.0 Å². The van der Waals surface area contributed by atoms with E-state index in [1.807, 2.05) is 7.05 Å². The van der Waals surface area contributed by atoms with Crippen LogP contribution in [0.1, 0.15) is 12.8 Å². The highest BCUT2D eigenvalue weighted by Gasteiger charge is 2.21. The zero-order chi connectivity index (χ0) is 14.5. The van der Waals surface area contributed by atoms with Crippen LogP contribution in [0, 0.1) is 5.82 Å². The molecule has 1 aromatic carbocycles. The minimum Gasteiger partial charge on any atom is -0.484 e. The van der Waals surface area contributed by atoms with E-state index in [0.717, 1.165) is 25.9 Å². The van der Waals surface area contributed by atoms with Gasteiger partial charge in [-0.1, -0.05) is 11.6 Å². The van der Waals surface area contributed by atoms with Gasteiger partial charge >= 0.3 is 0 Å². The lowest BCUT2D eigenvalue weighted by Crippen LogP contribution is -2.45. The number of carbonyl (C=O) groups is 1. The fourth-order valence-electron chi connectivity index (χ4n) is 2.22. The first kappa shape index (κ1) is 15.1. The van der Waals surface area contributed by atoms with Gasteiger partial charge in [-0.15, -0.1) is 0 Å². The second kappa shape index (κ2) is 6.90. The molecule has 0 bridgehead atoms. The molecule has 1 fully saturated rings. The number of piperidine rings is 1. The first-order valence-corrected chi connectivity index (χ1v) is 7.01. The van der Waals surface area contributed by atoms with Crippen LogP contribution in [0.4, 0.5) is 4.39 Å². The van der Waals surface area contributed by atoms with Gasteiger partial charge in [0, 0.05) is 25.2 Å². The van der Waals surface area contributed by atoms with E-state index in [9.17, 15) is 9.18 Å². The Hall–Kier alpha value is -1.33. The summed E-state index contributed by atoms with van der Waals surface area (Å²) < 4.78 is 18.3. The minimum atomic E-state index is -0.500. The van der Waals surface area contributed by atoms with Crippen LogP contribution >= 0.6 is 11.6 Å². The van der Waals surface area contributed by atoms with Crippen molar-refractivity contribution in [2.45, 2.75) is 18.9 Å². The highest BCUT2D eigenvalue weighted by Crippen LogP contribution is 2.21. The molecule has 0 atom stereocenters. The molecule has 110 valence electrons. The van der Waals surface area contributed by atoms with Crippen LogP contribution in [0.25, 0.3) is 0 Å². The van der Waals surface area contributed by atoms with Gasteiger partial charge in [-0.3, -0.25) is 4.79 Å². The number of nitrogens with one attached hydrogen (secondary N) is 1. The molecule has 2 rings (SSSR count). The van der Waals surface area contributed by atoms with Crippen LogP contribution in [0.3, 0.4) is 0 Å². The summed E-state index contributed by atoms with van der Waals surface area (Å²) in [4.78, 5) is 13.8. The summed E-state index contributed by atoms with van der Waals surface area (Å²) in [6.45, 7) is 1.42. The van der Waals surface area contributed by atoms with Crippen molar-refractivity contribution < 1.29 is 13.9 Å². The SMILES string of the molecule is CNC1CCN(C(=O)COc2ccc(F)c(Cl)c2)CC1. The first-order chi connectivity index (χ1) is 9.60. The van der Waals surface area contributed by atoms with Crippen molar-refractivity contribution in [1.29, 1.82) is 0 Å². The molecule has 1 aliphatic rings. The lowest BCUT2D eigenvalue weighted by Gasteiger charge is -2.31. The Kier molecular flexibility index (Phi) is 5.20. The van der Waals surface area contributed by atoms with E-state index in [1.54, 1.807) is 4.90 Å². The molecule has 1 N–H and O–H groups in total. The van der Waals surface area contributed by atoms with Gasteiger partial charge in [-0.2, -0.15) is 0 Å². The zero-order valence-corrected chi connectivity index (χ0v) is 12.1. The molecule has 6 heteroatoms. The fraction of sp³-hybridized carbons (Fsp3) is 0.500. The quantitative estimate of drug-likeness (QED) is 0.925. The summed E-state index contributed by atoms with van der Waals surface area (Å²) in [7, 11) is 1.93. The summed E-state index contributed by atoms with van der Waals surface area (Å²) in [6.07, 6.45) is 1.90. The number of amides is 1. The normalized spacial score (nSPS) is 16.2. The molecule has 0 aliphatic carbocycles. The van der Waals surface area contributed by atoms with Gasteiger partial charge in [0.2, 0.25) is 0 Å². The Morgan fingerprint density at radius 3 is 2.80 bits per heavy atom. The molecule has 0 saturated carbocycles. The van der Waals surface area contributed by atoms with Crippen molar-refractivity contribution in [2.75, 3.05) is 26.7 Å². The summed E-state index contributed by atoms with van der Waals surface area (Å²) >= 11 is 5.65. The molecule has 0 spiro atoms. The Bertz CT molecular complexity index is 476. The Morgan fingerprint density at radius 1 is 1.50 bits per heavy atom. The third kappa shape index (κ3) is 3.84. The third-order valence-corrected chi connectivity index (χ3v) is 3.80. The van der Waals surface area contributed by atoms with E-state index < -0.39 is 5.82 Å². The summed E-state index contributed by atoms with van der Waals surface area (Å²) in [5.41, 5.74) is 0. The average molecular weight is 301 g/mol. The van der Waals surface area contributed by atoms with E-state index in [2.05, 4.69) is 5.32 Å². The molecule has 1 heterocycles. The highest BCUT2D eigenvalue weighted by molar-refractivity contribution is 6.30. The number of ether oxygens (including phenoxy) is 1. The molecular formula is C14H18ClFN2O2. The topological polar surface area (TPSA) is 41.6 Å². The molecular weight excluding hydrogens is 283 g/mol. The number of halogens is 2. The highest BCUT2D eigenvalue weighted by atomic mass is 35.5. The third-order valence-electron chi connectivity index (χ3n) is 3.51. The average Bonchev–Trinajstić information content (AvgIpc) is 2.48. The lowest BCUT2D eigenvalue weighted by molar-refractivity contribution is -0.134. The van der Waals surface area contributed by atoms with Crippen molar-refractivity contribution in [2.24, 2.45) is 0 Å². The van der Waals surface area contributed by atoms with Crippen LogP contribution in [0.15, 0.2) is 18.2 Å². The monoisotopic (exact) mass is 300 g/mol. The second-order valence-corrected chi connectivity index (χ2v) is 5.22. The van der Waals surface area contributed by atoms with E-state index in [0.29, 0.717) is 11.8 Å². The van der Waals surface area contributed by atoms with Crippen LogP contribution in [0.5, 0.6) is 5.75 Å². The number of rotatable bonds is 4. The molecule has 0 unspecified atom stereocenters. The minimum absolute atomic E-state index is 0.00946. The summed E-state index contributed by atoms with van der Waals surface area (Å²) in [6, 6.07) is 4.54. The number of hydrogen-bond donors (Lipinski definition) is 1. The smallest absolute Gasteiger partial charge is 0.260 e. The van der Waals surface area contributed by atoms with E-state index in [-0.39, 0.29) is 17.5 Å². The van der Waals surface area contributed by atoms with Crippen LogP contribution in [-0.4, -0.2) is 43.6 Å². The van der Waals surface area contributed by atoms with Crippen LogP contribution in [-0.2, 0) is 4.79 Å². The van der Waals surface area contributed by atoms with Gasteiger partial charge in [0.05, 0.1) is 5.02 Å². The van der Waals surface area contributed by atoms with Crippen molar-refractivity contribution in [3.8, 4) is 5.75 Å². The van der Waals surface area contributed by atoms with Gasteiger partial charge in [-0.05, 0) is 32.0 Å². The maximum atomic E-state index is 13.0. The number of likely N-dealkylation sites (tertiary alicyclic amines) is 1. The van der Waals surface area contributed by atoms with Crippen molar-refractivity contribution in [1.82, 2.24) is 10.2 Å². The molecule has 0 aromatic heterocycles. The molecule has 0 radical (unpaired) electrons. The molecule has 1 amide bonds.